The van der Waals surface area contributed by atoms with E-state index in [0.717, 1.165) is 55.5 Å². The van der Waals surface area contributed by atoms with E-state index in [1.54, 1.807) is 0 Å². The van der Waals surface area contributed by atoms with Gasteiger partial charge in [-0.3, -0.25) is 4.98 Å². The third kappa shape index (κ3) is 2.74. The fourth-order valence-corrected chi connectivity index (χ4v) is 5.35. The molecule has 1 aromatic heterocycles. The zero-order valence-corrected chi connectivity index (χ0v) is 14.7. The Labute approximate surface area is 144 Å². The molecule has 1 aromatic carbocycles. The lowest BCUT2D eigenvalue weighted by molar-refractivity contribution is 0.260. The highest BCUT2D eigenvalue weighted by Crippen LogP contribution is 2.38. The molecule has 0 fully saturated rings. The lowest BCUT2D eigenvalue weighted by atomic mass is 9.99. The largest absolute Gasteiger partial charge is 0.354 e. The molecule has 1 heterocycles. The normalized spacial score (nSPS) is 17.9. The summed E-state index contributed by atoms with van der Waals surface area (Å²) in [6.45, 7) is 0. The van der Waals surface area contributed by atoms with Gasteiger partial charge in [-0.05, 0) is 60.8 Å². The number of amides is 2. The molecule has 2 aromatic rings. The van der Waals surface area contributed by atoms with Crippen molar-refractivity contribution in [2.24, 2.45) is 9.50 Å². The highest BCUT2D eigenvalue weighted by atomic mass is 32.2. The van der Waals surface area contributed by atoms with Crippen LogP contribution in [0.4, 0.5) is 10.5 Å². The van der Waals surface area contributed by atoms with Crippen molar-refractivity contribution >= 4 is 33.0 Å². The molecule has 0 bridgehead atoms. The molecule has 6 nitrogen and oxygen atoms in total. The van der Waals surface area contributed by atoms with Gasteiger partial charge in [0.15, 0.2) is 9.92 Å². The first kappa shape index (κ1) is 15.7. The number of carbonyl (C=O) groups excluding carboxylic acids is 1. The van der Waals surface area contributed by atoms with Crippen LogP contribution in [-0.4, -0.2) is 15.2 Å². The molecule has 0 saturated carbocycles. The molecule has 4 rings (SSSR count). The van der Waals surface area contributed by atoms with Gasteiger partial charge in [-0.15, -0.1) is 15.7 Å². The number of anilines is 1. The Morgan fingerprint density at radius 1 is 1.21 bits per heavy atom. The second-order valence-corrected chi connectivity index (χ2v) is 9.05. The first-order valence-electron chi connectivity index (χ1n) is 7.95. The Hall–Kier alpha value is -1.77. The van der Waals surface area contributed by atoms with Crippen molar-refractivity contribution in [1.29, 1.82) is 0 Å². The average Bonchev–Trinajstić information content (AvgIpc) is 3.27. The summed E-state index contributed by atoms with van der Waals surface area (Å²) in [6, 6.07) is 1.64. The molecular weight excluding hydrogens is 344 g/mol. The summed E-state index contributed by atoms with van der Waals surface area (Å²) in [5, 5.41) is 8.61. The molecule has 0 aliphatic heterocycles. The maximum atomic E-state index is 12.4. The summed E-state index contributed by atoms with van der Waals surface area (Å²) in [6.07, 6.45) is 7.63. The van der Waals surface area contributed by atoms with Crippen LogP contribution < -0.4 is 10.5 Å². The maximum absolute atomic E-state index is 12.4. The van der Waals surface area contributed by atoms with Gasteiger partial charge in [0.25, 0.3) is 0 Å². The van der Waals surface area contributed by atoms with Crippen molar-refractivity contribution in [1.82, 2.24) is 4.98 Å². The quantitative estimate of drug-likeness (QED) is 0.859. The van der Waals surface area contributed by atoms with E-state index in [9.17, 15) is 9.00 Å². The standard InChI is InChI=1S/C16H18N4O2S2/c17-24(22,14-8-18-9-23-14)20-16(21)19-15-12-5-1-3-10(12)7-11-4-2-6-13(11)15/h7-9H,1-6H2,(H3,17,19,20,21,22). The summed E-state index contributed by atoms with van der Waals surface area (Å²) >= 11 is 1.13. The number of nitrogens with two attached hydrogens (primary N) is 1. The molecule has 1 unspecified atom stereocenters. The van der Waals surface area contributed by atoms with Gasteiger partial charge in [-0.25, -0.2) is 14.1 Å². The second kappa shape index (κ2) is 5.94. The number of hydrogen-bond donors (Lipinski definition) is 2. The van der Waals surface area contributed by atoms with E-state index in [1.807, 2.05) is 0 Å². The monoisotopic (exact) mass is 362 g/mol. The summed E-state index contributed by atoms with van der Waals surface area (Å²) in [5.74, 6) is 0. The smallest absolute Gasteiger partial charge is 0.305 e. The molecule has 2 aliphatic carbocycles. The highest BCUT2D eigenvalue weighted by Gasteiger charge is 2.25. The third-order valence-electron chi connectivity index (χ3n) is 4.62. The van der Waals surface area contributed by atoms with Crippen molar-refractivity contribution < 1.29 is 9.00 Å². The number of urea groups is 1. The van der Waals surface area contributed by atoms with Crippen molar-refractivity contribution in [2.75, 3.05) is 5.32 Å². The van der Waals surface area contributed by atoms with Gasteiger partial charge in [0.1, 0.15) is 4.21 Å². The van der Waals surface area contributed by atoms with Crippen LogP contribution in [-0.2, 0) is 35.6 Å². The topological polar surface area (TPSA) is 97.4 Å². The molecule has 3 N–H and O–H groups in total. The number of rotatable bonds is 2. The summed E-state index contributed by atoms with van der Waals surface area (Å²) in [7, 11) is -3.25. The number of hydrogen-bond acceptors (Lipinski definition) is 4. The summed E-state index contributed by atoms with van der Waals surface area (Å²) in [4.78, 5) is 16.2. The predicted molar refractivity (Wildman–Crippen MR) is 94.6 cm³/mol. The SMILES string of the molecule is NS(=O)(=NC(=O)Nc1c2c(cc3c1CCC3)CCC2)c1cncs1. The fourth-order valence-electron chi connectivity index (χ4n) is 3.61. The van der Waals surface area contributed by atoms with E-state index < -0.39 is 15.9 Å². The number of carbonyl (C=O) groups is 1. The van der Waals surface area contributed by atoms with Crippen LogP contribution in [0.15, 0.2) is 26.3 Å². The van der Waals surface area contributed by atoms with E-state index in [0.29, 0.717) is 4.21 Å². The molecule has 0 radical (unpaired) electrons. The Morgan fingerprint density at radius 3 is 2.46 bits per heavy atom. The Kier molecular flexibility index (Phi) is 3.90. The molecule has 0 saturated heterocycles. The van der Waals surface area contributed by atoms with Crippen LogP contribution >= 0.6 is 11.3 Å². The van der Waals surface area contributed by atoms with Gasteiger partial charge < -0.3 is 5.32 Å². The molecule has 2 amide bonds. The minimum Gasteiger partial charge on any atom is -0.305 e. The lowest BCUT2D eigenvalue weighted by Gasteiger charge is -2.15. The van der Waals surface area contributed by atoms with Gasteiger partial charge in [-0.2, -0.15) is 0 Å². The molecule has 8 heteroatoms. The van der Waals surface area contributed by atoms with Crippen LogP contribution in [0, 0.1) is 0 Å². The molecule has 126 valence electrons. The van der Waals surface area contributed by atoms with Crippen LogP contribution in [0.5, 0.6) is 0 Å². The highest BCUT2D eigenvalue weighted by molar-refractivity contribution is 7.93. The molecule has 24 heavy (non-hydrogen) atoms. The molecular formula is C16H18N4O2S2. The van der Waals surface area contributed by atoms with E-state index in [-0.39, 0.29) is 0 Å². The summed E-state index contributed by atoms with van der Waals surface area (Å²) < 4.78 is 16.5. The first-order chi connectivity index (χ1) is 11.5. The number of benzene rings is 1. The first-order valence-corrected chi connectivity index (χ1v) is 10.4. The Morgan fingerprint density at radius 2 is 1.88 bits per heavy atom. The Bertz CT molecular complexity index is 896. The van der Waals surface area contributed by atoms with Crippen LogP contribution in [0.2, 0.25) is 0 Å². The van der Waals surface area contributed by atoms with Crippen LogP contribution in [0.25, 0.3) is 0 Å². The zero-order chi connectivity index (χ0) is 16.7. The van der Waals surface area contributed by atoms with Gasteiger partial charge in [-0.1, -0.05) is 6.07 Å². The van der Waals surface area contributed by atoms with Crippen molar-refractivity contribution in [3.05, 3.63) is 40.0 Å². The number of thiazole rings is 1. The Balaban J connectivity index is 1.70. The van der Waals surface area contributed by atoms with Gasteiger partial charge in [0.2, 0.25) is 0 Å². The minimum atomic E-state index is -3.25. The zero-order valence-electron chi connectivity index (χ0n) is 13.1. The van der Waals surface area contributed by atoms with E-state index in [1.165, 1.54) is 34.0 Å². The van der Waals surface area contributed by atoms with Crippen molar-refractivity contribution in [2.45, 2.75) is 42.7 Å². The fraction of sp³-hybridized carbons (Fsp3) is 0.375. The number of nitrogens with zero attached hydrogens (tertiary/aromatic N) is 2. The predicted octanol–water partition coefficient (Wildman–Crippen LogP) is 3.05. The number of aromatic nitrogens is 1. The van der Waals surface area contributed by atoms with Crippen LogP contribution in [0.1, 0.15) is 35.1 Å². The minimum absolute atomic E-state index is 0.307. The number of fused-ring (bicyclic) bond motifs is 2. The van der Waals surface area contributed by atoms with Crippen molar-refractivity contribution in [3.63, 3.8) is 0 Å². The average molecular weight is 362 g/mol. The second-order valence-electron chi connectivity index (χ2n) is 6.14. The lowest BCUT2D eigenvalue weighted by Crippen LogP contribution is -2.18. The van der Waals surface area contributed by atoms with Gasteiger partial charge >= 0.3 is 6.03 Å². The van der Waals surface area contributed by atoms with Gasteiger partial charge in [0.05, 0.1) is 11.7 Å². The number of nitrogens with one attached hydrogen (secondary N) is 1. The maximum Gasteiger partial charge on any atom is 0.354 e. The van der Waals surface area contributed by atoms with Crippen LogP contribution in [0.3, 0.4) is 0 Å². The van der Waals surface area contributed by atoms with E-state index in [2.05, 4.69) is 20.7 Å². The molecule has 2 aliphatic rings. The van der Waals surface area contributed by atoms with Crippen molar-refractivity contribution in [3.8, 4) is 0 Å². The van der Waals surface area contributed by atoms with E-state index >= 15 is 0 Å². The van der Waals surface area contributed by atoms with E-state index in [4.69, 9.17) is 5.14 Å². The molecule has 1 atom stereocenters. The van der Waals surface area contributed by atoms with Gasteiger partial charge in [0, 0.05) is 5.69 Å². The number of aryl methyl sites for hydroxylation is 2. The summed E-state index contributed by atoms with van der Waals surface area (Å²) in [5.41, 5.74) is 7.46. The third-order valence-corrected chi connectivity index (χ3v) is 7.31. The molecule has 0 spiro atoms.